The summed E-state index contributed by atoms with van der Waals surface area (Å²) in [6.07, 6.45) is 2.62. The SMILES string of the molecule is COc1ccccc1CC(O)C1CCN(C)CC1. The van der Waals surface area contributed by atoms with E-state index in [1.807, 2.05) is 24.3 Å². The Balaban J connectivity index is 1.96. The Morgan fingerprint density at radius 1 is 1.33 bits per heavy atom. The maximum Gasteiger partial charge on any atom is 0.122 e. The van der Waals surface area contributed by atoms with Gasteiger partial charge in [0.15, 0.2) is 0 Å². The summed E-state index contributed by atoms with van der Waals surface area (Å²) >= 11 is 0. The summed E-state index contributed by atoms with van der Waals surface area (Å²) in [5.41, 5.74) is 1.10. The van der Waals surface area contributed by atoms with Crippen LogP contribution in [0.25, 0.3) is 0 Å². The van der Waals surface area contributed by atoms with Crippen LogP contribution in [0.4, 0.5) is 0 Å². The van der Waals surface area contributed by atoms with Crippen molar-refractivity contribution in [1.29, 1.82) is 0 Å². The largest absolute Gasteiger partial charge is 0.496 e. The van der Waals surface area contributed by atoms with Gasteiger partial charge in [0.05, 0.1) is 13.2 Å². The number of piperidine rings is 1. The average molecular weight is 249 g/mol. The molecule has 1 aromatic carbocycles. The molecule has 1 aliphatic rings. The molecule has 0 bridgehead atoms. The van der Waals surface area contributed by atoms with E-state index in [2.05, 4.69) is 11.9 Å². The number of benzene rings is 1. The number of aliphatic hydroxyl groups is 1. The van der Waals surface area contributed by atoms with Gasteiger partial charge in [-0.3, -0.25) is 0 Å². The molecule has 0 radical (unpaired) electrons. The van der Waals surface area contributed by atoms with Crippen molar-refractivity contribution in [3.8, 4) is 5.75 Å². The summed E-state index contributed by atoms with van der Waals surface area (Å²) < 4.78 is 5.33. The third-order valence-corrected chi connectivity index (χ3v) is 3.93. The van der Waals surface area contributed by atoms with E-state index in [0.717, 1.165) is 37.2 Å². The Morgan fingerprint density at radius 3 is 2.67 bits per heavy atom. The van der Waals surface area contributed by atoms with Crippen molar-refractivity contribution >= 4 is 0 Å². The predicted octanol–water partition coefficient (Wildman–Crippen LogP) is 1.94. The average Bonchev–Trinajstić information content (AvgIpc) is 2.40. The van der Waals surface area contributed by atoms with Gasteiger partial charge in [-0.25, -0.2) is 0 Å². The molecule has 18 heavy (non-hydrogen) atoms. The molecule has 100 valence electrons. The van der Waals surface area contributed by atoms with E-state index in [4.69, 9.17) is 4.74 Å². The van der Waals surface area contributed by atoms with Crippen molar-refractivity contribution in [2.75, 3.05) is 27.2 Å². The van der Waals surface area contributed by atoms with E-state index in [1.165, 1.54) is 0 Å². The number of hydrogen-bond acceptors (Lipinski definition) is 3. The first-order valence-electron chi connectivity index (χ1n) is 6.69. The number of hydrogen-bond donors (Lipinski definition) is 1. The minimum absolute atomic E-state index is 0.255. The van der Waals surface area contributed by atoms with Crippen LogP contribution in [-0.2, 0) is 6.42 Å². The van der Waals surface area contributed by atoms with Crippen molar-refractivity contribution in [3.05, 3.63) is 29.8 Å². The number of nitrogens with zero attached hydrogens (tertiary/aromatic N) is 1. The van der Waals surface area contributed by atoms with E-state index in [1.54, 1.807) is 7.11 Å². The molecule has 0 aliphatic carbocycles. The second-order valence-electron chi connectivity index (χ2n) is 5.22. The summed E-state index contributed by atoms with van der Waals surface area (Å²) in [6, 6.07) is 7.96. The molecule has 1 heterocycles. The molecule has 2 rings (SSSR count). The molecule has 1 fully saturated rings. The number of rotatable bonds is 4. The first kappa shape index (κ1) is 13.4. The molecule has 3 nitrogen and oxygen atoms in total. The number of ether oxygens (including phenoxy) is 1. The van der Waals surface area contributed by atoms with Gasteiger partial charge in [-0.1, -0.05) is 18.2 Å². The predicted molar refractivity (Wildman–Crippen MR) is 72.9 cm³/mol. The number of para-hydroxylation sites is 1. The highest BCUT2D eigenvalue weighted by atomic mass is 16.5. The van der Waals surface area contributed by atoms with Crippen molar-refractivity contribution in [2.45, 2.75) is 25.4 Å². The second kappa shape index (κ2) is 6.21. The fourth-order valence-electron chi connectivity index (χ4n) is 2.68. The van der Waals surface area contributed by atoms with Gasteiger partial charge in [-0.15, -0.1) is 0 Å². The molecular formula is C15H23NO2. The monoisotopic (exact) mass is 249 g/mol. The molecule has 3 heteroatoms. The number of aliphatic hydroxyl groups excluding tert-OH is 1. The molecule has 0 spiro atoms. The fourth-order valence-corrected chi connectivity index (χ4v) is 2.68. The summed E-state index contributed by atoms with van der Waals surface area (Å²) in [6.45, 7) is 2.18. The Bertz CT molecular complexity index is 373. The van der Waals surface area contributed by atoms with Crippen molar-refractivity contribution in [1.82, 2.24) is 4.90 Å². The topological polar surface area (TPSA) is 32.7 Å². The third kappa shape index (κ3) is 3.24. The summed E-state index contributed by atoms with van der Waals surface area (Å²) in [7, 11) is 3.82. The van der Waals surface area contributed by atoms with Gasteiger partial charge in [0.2, 0.25) is 0 Å². The minimum atomic E-state index is -0.255. The quantitative estimate of drug-likeness (QED) is 0.885. The van der Waals surface area contributed by atoms with Gasteiger partial charge in [0, 0.05) is 6.42 Å². The molecule has 1 aromatic rings. The molecule has 1 aliphatic heterocycles. The van der Waals surface area contributed by atoms with Crippen LogP contribution in [0.1, 0.15) is 18.4 Å². The van der Waals surface area contributed by atoms with Crippen LogP contribution in [0, 0.1) is 5.92 Å². The summed E-state index contributed by atoms with van der Waals surface area (Å²) in [5, 5.41) is 10.4. The van der Waals surface area contributed by atoms with Gasteiger partial charge >= 0.3 is 0 Å². The molecular weight excluding hydrogens is 226 g/mol. The van der Waals surface area contributed by atoms with Crippen LogP contribution in [-0.4, -0.2) is 43.4 Å². The molecule has 0 amide bonds. The molecule has 0 saturated carbocycles. The zero-order chi connectivity index (χ0) is 13.0. The van der Waals surface area contributed by atoms with Crippen LogP contribution in [0.15, 0.2) is 24.3 Å². The maximum absolute atomic E-state index is 10.4. The lowest BCUT2D eigenvalue weighted by Crippen LogP contribution is -2.36. The van der Waals surface area contributed by atoms with Crippen LogP contribution in [0.2, 0.25) is 0 Å². The van der Waals surface area contributed by atoms with Crippen molar-refractivity contribution in [3.63, 3.8) is 0 Å². The lowest BCUT2D eigenvalue weighted by molar-refractivity contribution is 0.0660. The molecule has 1 unspecified atom stereocenters. The molecule has 1 N–H and O–H groups in total. The highest BCUT2D eigenvalue weighted by molar-refractivity contribution is 5.33. The Kier molecular flexibility index (Phi) is 4.61. The van der Waals surface area contributed by atoms with Gasteiger partial charge in [-0.05, 0) is 50.5 Å². The number of methoxy groups -OCH3 is 1. The van der Waals surface area contributed by atoms with Gasteiger partial charge in [-0.2, -0.15) is 0 Å². The van der Waals surface area contributed by atoms with Gasteiger partial charge in [0.1, 0.15) is 5.75 Å². The highest BCUT2D eigenvalue weighted by Gasteiger charge is 2.24. The van der Waals surface area contributed by atoms with E-state index in [0.29, 0.717) is 12.3 Å². The lowest BCUT2D eigenvalue weighted by Gasteiger charge is -2.32. The van der Waals surface area contributed by atoms with Gasteiger partial charge < -0.3 is 14.7 Å². The minimum Gasteiger partial charge on any atom is -0.496 e. The first-order valence-corrected chi connectivity index (χ1v) is 6.69. The smallest absolute Gasteiger partial charge is 0.122 e. The van der Waals surface area contributed by atoms with Crippen molar-refractivity contribution < 1.29 is 9.84 Å². The van der Waals surface area contributed by atoms with Crippen LogP contribution in [0.5, 0.6) is 5.75 Å². The summed E-state index contributed by atoms with van der Waals surface area (Å²) in [4.78, 5) is 2.33. The zero-order valence-corrected chi connectivity index (χ0v) is 11.3. The second-order valence-corrected chi connectivity index (χ2v) is 5.22. The van der Waals surface area contributed by atoms with Crippen LogP contribution >= 0.6 is 0 Å². The third-order valence-electron chi connectivity index (χ3n) is 3.93. The first-order chi connectivity index (χ1) is 8.70. The van der Waals surface area contributed by atoms with Gasteiger partial charge in [0.25, 0.3) is 0 Å². The van der Waals surface area contributed by atoms with E-state index < -0.39 is 0 Å². The lowest BCUT2D eigenvalue weighted by atomic mass is 9.88. The molecule has 0 aromatic heterocycles. The molecule has 1 saturated heterocycles. The standard InChI is InChI=1S/C15H23NO2/c1-16-9-7-12(8-10-16)14(17)11-13-5-3-4-6-15(13)18-2/h3-6,12,14,17H,7-11H2,1-2H3. The van der Waals surface area contributed by atoms with Crippen LogP contribution in [0.3, 0.4) is 0 Å². The summed E-state index contributed by atoms with van der Waals surface area (Å²) in [5.74, 6) is 1.30. The Hall–Kier alpha value is -1.06. The molecule has 1 atom stereocenters. The van der Waals surface area contributed by atoms with Crippen LogP contribution < -0.4 is 4.74 Å². The zero-order valence-electron chi connectivity index (χ0n) is 11.3. The normalized spacial score (nSPS) is 19.7. The highest BCUT2D eigenvalue weighted by Crippen LogP contribution is 2.25. The van der Waals surface area contributed by atoms with E-state index in [9.17, 15) is 5.11 Å². The maximum atomic E-state index is 10.4. The Morgan fingerprint density at radius 2 is 2.00 bits per heavy atom. The van der Waals surface area contributed by atoms with E-state index >= 15 is 0 Å². The van der Waals surface area contributed by atoms with E-state index in [-0.39, 0.29) is 6.10 Å². The fraction of sp³-hybridized carbons (Fsp3) is 0.600. The number of likely N-dealkylation sites (tertiary alicyclic amines) is 1. The van der Waals surface area contributed by atoms with Crippen molar-refractivity contribution in [2.24, 2.45) is 5.92 Å². The Labute approximate surface area is 109 Å².